The molecule has 4 rings (SSSR count). The molecular formula is C28H33N3O8S2. The van der Waals surface area contributed by atoms with Crippen LogP contribution < -0.4 is 19.1 Å². The molecule has 1 amide bonds. The molecule has 0 bridgehead atoms. The third-order valence-electron chi connectivity index (χ3n) is 6.37. The van der Waals surface area contributed by atoms with Crippen LogP contribution in [0.5, 0.6) is 11.5 Å². The van der Waals surface area contributed by atoms with Gasteiger partial charge in [-0.05, 0) is 68.4 Å². The highest BCUT2D eigenvalue weighted by Gasteiger charge is 2.31. The van der Waals surface area contributed by atoms with Gasteiger partial charge in [0.05, 0.1) is 37.5 Å². The SMILES string of the molecule is CCOc1ccc(S(=O)(=O)N(CC(=O)Nc2ccc(OC)c(S(=O)(=O)N3CCOCC3)c2)c2ccc(C)cc2)cc1. The maximum atomic E-state index is 13.7. The molecule has 1 aliphatic heterocycles. The van der Waals surface area contributed by atoms with Crippen LogP contribution in [0.3, 0.4) is 0 Å². The van der Waals surface area contributed by atoms with E-state index < -0.39 is 32.5 Å². The van der Waals surface area contributed by atoms with Gasteiger partial charge >= 0.3 is 0 Å². The topological polar surface area (TPSA) is 132 Å². The lowest BCUT2D eigenvalue weighted by Gasteiger charge is -2.27. The number of rotatable bonds is 11. The van der Waals surface area contributed by atoms with Crippen molar-refractivity contribution in [2.45, 2.75) is 23.6 Å². The first-order valence-electron chi connectivity index (χ1n) is 12.9. The Hall–Kier alpha value is -3.65. The van der Waals surface area contributed by atoms with Crippen molar-refractivity contribution < 1.29 is 35.8 Å². The highest BCUT2D eigenvalue weighted by atomic mass is 32.2. The lowest BCUT2D eigenvalue weighted by Crippen LogP contribution is -2.40. The maximum absolute atomic E-state index is 13.7. The molecule has 1 aliphatic rings. The van der Waals surface area contributed by atoms with E-state index in [1.807, 2.05) is 13.8 Å². The van der Waals surface area contributed by atoms with Crippen LogP contribution >= 0.6 is 0 Å². The molecule has 3 aromatic rings. The molecule has 1 saturated heterocycles. The Balaban J connectivity index is 1.62. The number of methoxy groups -OCH3 is 1. The first-order chi connectivity index (χ1) is 19.6. The molecule has 41 heavy (non-hydrogen) atoms. The smallest absolute Gasteiger partial charge is 0.264 e. The number of hydrogen-bond acceptors (Lipinski definition) is 8. The van der Waals surface area contributed by atoms with Gasteiger partial charge in [0.15, 0.2) is 0 Å². The molecule has 0 saturated carbocycles. The van der Waals surface area contributed by atoms with Gasteiger partial charge in [0.1, 0.15) is 22.9 Å². The second kappa shape index (κ2) is 12.9. The fourth-order valence-electron chi connectivity index (χ4n) is 4.24. The monoisotopic (exact) mass is 603 g/mol. The Labute approximate surface area is 240 Å². The van der Waals surface area contributed by atoms with Crippen LogP contribution in [-0.4, -0.2) is 73.6 Å². The van der Waals surface area contributed by atoms with Gasteiger partial charge in [-0.2, -0.15) is 4.31 Å². The van der Waals surface area contributed by atoms with Crippen molar-refractivity contribution in [3.63, 3.8) is 0 Å². The van der Waals surface area contributed by atoms with E-state index in [2.05, 4.69) is 5.32 Å². The van der Waals surface area contributed by atoms with Crippen LogP contribution in [0.4, 0.5) is 11.4 Å². The molecule has 3 aromatic carbocycles. The van der Waals surface area contributed by atoms with Gasteiger partial charge in [0, 0.05) is 18.8 Å². The number of nitrogens with one attached hydrogen (secondary N) is 1. The fraction of sp³-hybridized carbons (Fsp3) is 0.321. The number of benzene rings is 3. The van der Waals surface area contributed by atoms with Crippen LogP contribution in [0.2, 0.25) is 0 Å². The lowest BCUT2D eigenvalue weighted by molar-refractivity contribution is -0.114. The molecule has 0 atom stereocenters. The second-order valence-corrected chi connectivity index (χ2v) is 13.0. The Morgan fingerprint density at radius 3 is 2.24 bits per heavy atom. The Morgan fingerprint density at radius 1 is 0.976 bits per heavy atom. The minimum atomic E-state index is -4.16. The standard InChI is InChI=1S/C28H33N3O8S2/c1-4-39-24-10-12-25(13-11-24)40(33,34)31(23-8-5-21(2)6-9-23)20-28(32)29-22-7-14-26(37-3)27(19-22)41(35,36)30-15-17-38-18-16-30/h5-14,19H,4,15-18,20H2,1-3H3,(H,29,32). The van der Waals surface area contributed by atoms with Crippen LogP contribution in [0.1, 0.15) is 12.5 Å². The summed E-state index contributed by atoms with van der Waals surface area (Å²) in [6.45, 7) is 4.50. The van der Waals surface area contributed by atoms with Gasteiger partial charge < -0.3 is 19.5 Å². The molecule has 11 nitrogen and oxygen atoms in total. The van der Waals surface area contributed by atoms with E-state index in [4.69, 9.17) is 14.2 Å². The quantitative estimate of drug-likeness (QED) is 0.353. The number of morpholine rings is 1. The minimum absolute atomic E-state index is 0.0160. The van der Waals surface area contributed by atoms with Crippen molar-refractivity contribution in [1.82, 2.24) is 4.31 Å². The van der Waals surface area contributed by atoms with Crippen LogP contribution in [0.25, 0.3) is 0 Å². The van der Waals surface area contributed by atoms with E-state index >= 15 is 0 Å². The molecule has 0 spiro atoms. The van der Waals surface area contributed by atoms with Gasteiger partial charge in [-0.25, -0.2) is 16.8 Å². The van der Waals surface area contributed by atoms with Crippen molar-refractivity contribution in [2.75, 3.05) is 56.2 Å². The summed E-state index contributed by atoms with van der Waals surface area (Å²) >= 11 is 0. The number of carbonyl (C=O) groups excluding carboxylic acids is 1. The van der Waals surface area contributed by atoms with Crippen molar-refractivity contribution >= 4 is 37.3 Å². The van der Waals surface area contributed by atoms with E-state index in [1.165, 1.54) is 41.7 Å². The number of aryl methyl sites for hydroxylation is 1. The zero-order valence-corrected chi connectivity index (χ0v) is 24.7. The highest BCUT2D eigenvalue weighted by molar-refractivity contribution is 7.92. The van der Waals surface area contributed by atoms with Gasteiger partial charge in [-0.1, -0.05) is 17.7 Å². The van der Waals surface area contributed by atoms with Crippen LogP contribution in [0, 0.1) is 6.92 Å². The van der Waals surface area contributed by atoms with Crippen molar-refractivity contribution in [3.05, 3.63) is 72.3 Å². The molecule has 0 aromatic heterocycles. The summed E-state index contributed by atoms with van der Waals surface area (Å²) in [4.78, 5) is 13.1. The molecule has 1 fully saturated rings. The molecule has 1 N–H and O–H groups in total. The average molecular weight is 604 g/mol. The first-order valence-corrected chi connectivity index (χ1v) is 15.8. The first kappa shape index (κ1) is 30.3. The van der Waals surface area contributed by atoms with Crippen LogP contribution in [-0.2, 0) is 29.6 Å². The Kier molecular flexibility index (Phi) is 9.53. The largest absolute Gasteiger partial charge is 0.495 e. The summed E-state index contributed by atoms with van der Waals surface area (Å²) in [6.07, 6.45) is 0. The summed E-state index contributed by atoms with van der Waals surface area (Å²) in [6, 6.07) is 16.9. The van der Waals surface area contributed by atoms with Gasteiger partial charge in [-0.15, -0.1) is 0 Å². The summed E-state index contributed by atoms with van der Waals surface area (Å²) in [7, 11) is -6.74. The third kappa shape index (κ3) is 6.99. The Morgan fingerprint density at radius 2 is 1.63 bits per heavy atom. The number of anilines is 2. The third-order valence-corrected chi connectivity index (χ3v) is 10.1. The maximum Gasteiger partial charge on any atom is 0.264 e. The normalized spacial score (nSPS) is 14.3. The van der Waals surface area contributed by atoms with E-state index in [-0.39, 0.29) is 47.5 Å². The zero-order valence-electron chi connectivity index (χ0n) is 23.1. The van der Waals surface area contributed by atoms with Crippen LogP contribution in [0.15, 0.2) is 76.5 Å². The molecule has 13 heteroatoms. The van der Waals surface area contributed by atoms with E-state index in [1.54, 1.807) is 36.4 Å². The Bertz CT molecular complexity index is 1570. The molecule has 0 unspecified atom stereocenters. The molecule has 220 valence electrons. The molecule has 0 radical (unpaired) electrons. The predicted molar refractivity (Wildman–Crippen MR) is 155 cm³/mol. The number of nitrogens with zero attached hydrogens (tertiary/aromatic N) is 2. The summed E-state index contributed by atoms with van der Waals surface area (Å²) < 4.78 is 72.4. The molecule has 0 aliphatic carbocycles. The summed E-state index contributed by atoms with van der Waals surface area (Å²) in [5, 5.41) is 2.64. The number of ether oxygens (including phenoxy) is 3. The zero-order chi connectivity index (χ0) is 29.6. The summed E-state index contributed by atoms with van der Waals surface area (Å²) in [5.41, 5.74) is 1.39. The van der Waals surface area contributed by atoms with Gasteiger partial charge in [0.25, 0.3) is 10.0 Å². The number of hydrogen-bond donors (Lipinski definition) is 1. The highest BCUT2D eigenvalue weighted by Crippen LogP contribution is 2.31. The molecular weight excluding hydrogens is 570 g/mol. The van der Waals surface area contributed by atoms with Gasteiger partial charge in [-0.3, -0.25) is 9.10 Å². The van der Waals surface area contributed by atoms with E-state index in [0.717, 1.165) is 9.87 Å². The van der Waals surface area contributed by atoms with E-state index in [9.17, 15) is 21.6 Å². The average Bonchev–Trinajstić information content (AvgIpc) is 2.97. The van der Waals surface area contributed by atoms with E-state index in [0.29, 0.717) is 18.0 Å². The summed E-state index contributed by atoms with van der Waals surface area (Å²) in [5.74, 6) is -0.0257. The predicted octanol–water partition coefficient (Wildman–Crippen LogP) is 3.26. The number of amides is 1. The second-order valence-electron chi connectivity index (χ2n) is 9.18. The lowest BCUT2D eigenvalue weighted by atomic mass is 10.2. The molecule has 1 heterocycles. The van der Waals surface area contributed by atoms with Crippen molar-refractivity contribution in [1.29, 1.82) is 0 Å². The van der Waals surface area contributed by atoms with Gasteiger partial charge in [0.2, 0.25) is 15.9 Å². The minimum Gasteiger partial charge on any atom is -0.495 e. The fourth-order valence-corrected chi connectivity index (χ4v) is 7.25. The number of sulfonamides is 2. The number of carbonyl (C=O) groups is 1. The van der Waals surface area contributed by atoms with Crippen molar-refractivity contribution in [3.8, 4) is 11.5 Å². The van der Waals surface area contributed by atoms with Crippen molar-refractivity contribution in [2.24, 2.45) is 0 Å².